The highest BCUT2D eigenvalue weighted by molar-refractivity contribution is 7.90. The fourth-order valence-electron chi connectivity index (χ4n) is 5.73. The molecule has 41 heavy (non-hydrogen) atoms. The molecule has 3 N–H and O–H groups in total. The summed E-state index contributed by atoms with van der Waals surface area (Å²) >= 11 is 6.25. The van der Waals surface area contributed by atoms with Gasteiger partial charge in [0.1, 0.15) is 23.5 Å². The number of benzene rings is 1. The van der Waals surface area contributed by atoms with E-state index in [1.165, 1.54) is 12.4 Å². The summed E-state index contributed by atoms with van der Waals surface area (Å²) in [5.74, 6) is 6.94. The number of aromatic nitrogens is 3. The quantitative estimate of drug-likeness (QED) is 0.339. The van der Waals surface area contributed by atoms with Crippen molar-refractivity contribution in [2.75, 3.05) is 38.2 Å². The highest BCUT2D eigenvalue weighted by Gasteiger charge is 2.39. The number of nitrogens with zero attached hydrogens (tertiary/aromatic N) is 5. The van der Waals surface area contributed by atoms with Crippen molar-refractivity contribution in [1.82, 2.24) is 24.3 Å². The zero-order valence-electron chi connectivity index (χ0n) is 23.2. The Morgan fingerprint density at radius 3 is 2.63 bits per heavy atom. The molecule has 1 amide bonds. The normalized spacial score (nSPS) is 20.1. The van der Waals surface area contributed by atoms with Crippen LogP contribution in [0.15, 0.2) is 42.1 Å². The number of nitrogens with two attached hydrogens (primary N) is 1. The van der Waals surface area contributed by atoms with E-state index in [2.05, 4.69) is 33.3 Å². The molecule has 0 radical (unpaired) electrons. The summed E-state index contributed by atoms with van der Waals surface area (Å²) in [6.45, 7) is 9.84. The Hall–Kier alpha value is -3.43. The van der Waals surface area contributed by atoms with Gasteiger partial charge in [0.2, 0.25) is 5.91 Å². The van der Waals surface area contributed by atoms with Gasteiger partial charge in [-0.05, 0) is 50.0 Å². The van der Waals surface area contributed by atoms with Crippen LogP contribution in [-0.4, -0.2) is 88.3 Å². The number of fused-ring (bicyclic) bond motifs is 1. The molecule has 1 aromatic carbocycles. The zero-order chi connectivity index (χ0) is 29.6. The third kappa shape index (κ3) is 5.45. The van der Waals surface area contributed by atoms with E-state index in [1.54, 1.807) is 23.1 Å². The van der Waals surface area contributed by atoms with Crippen molar-refractivity contribution in [3.8, 4) is 23.0 Å². The average molecular weight is 597 g/mol. The molecule has 2 fully saturated rings. The Labute approximate surface area is 244 Å². The van der Waals surface area contributed by atoms with Crippen molar-refractivity contribution in [3.63, 3.8) is 0 Å². The largest absolute Gasteiger partial charge is 0.390 e. The van der Waals surface area contributed by atoms with Gasteiger partial charge in [0.25, 0.3) is 0 Å². The second-order valence-corrected chi connectivity index (χ2v) is 13.3. The van der Waals surface area contributed by atoms with Gasteiger partial charge in [0, 0.05) is 56.0 Å². The molecule has 4 heterocycles. The van der Waals surface area contributed by atoms with Crippen LogP contribution in [0.5, 0.6) is 0 Å². The maximum Gasteiger partial charge on any atom is 0.246 e. The van der Waals surface area contributed by atoms with E-state index >= 15 is 0 Å². The summed E-state index contributed by atoms with van der Waals surface area (Å²) < 4.78 is 26.9. The van der Waals surface area contributed by atoms with Crippen LogP contribution in [0.2, 0.25) is 5.02 Å². The molecule has 0 saturated carbocycles. The SMILES string of the molecule is C=CC(=O)N1CC[C@H](N2CC(C#Cc3c(-c4ccc(Cl)c(S(C)(=O)=O)c4)c4c(N)ncnc4n3C(C)C)C2)[C@H](O)C1. The number of piperidine rings is 1. The summed E-state index contributed by atoms with van der Waals surface area (Å²) in [5, 5.41) is 11.4. The van der Waals surface area contributed by atoms with Gasteiger partial charge in [-0.25, -0.2) is 18.4 Å². The molecular formula is C29H33ClN6O4S. The number of sulfone groups is 1. The van der Waals surface area contributed by atoms with Crippen LogP contribution in [0.3, 0.4) is 0 Å². The number of likely N-dealkylation sites (tertiary alicyclic amines) is 2. The van der Waals surface area contributed by atoms with Gasteiger partial charge in [0.15, 0.2) is 9.84 Å². The molecule has 12 heteroatoms. The van der Waals surface area contributed by atoms with Gasteiger partial charge >= 0.3 is 0 Å². The second kappa shape index (κ2) is 11.1. The number of halogens is 1. The molecule has 0 unspecified atom stereocenters. The Morgan fingerprint density at radius 1 is 1.27 bits per heavy atom. The van der Waals surface area contributed by atoms with Gasteiger partial charge in [-0.2, -0.15) is 0 Å². The van der Waals surface area contributed by atoms with E-state index in [-0.39, 0.29) is 39.6 Å². The van der Waals surface area contributed by atoms with E-state index in [4.69, 9.17) is 17.3 Å². The van der Waals surface area contributed by atoms with E-state index in [0.29, 0.717) is 60.5 Å². The summed E-state index contributed by atoms with van der Waals surface area (Å²) in [7, 11) is -3.59. The fourth-order valence-corrected chi connectivity index (χ4v) is 7.03. The molecule has 3 aromatic rings. The smallest absolute Gasteiger partial charge is 0.246 e. The summed E-state index contributed by atoms with van der Waals surface area (Å²) in [4.78, 5) is 24.5. The number of β-amino-alcohol motifs (C(OH)–C–C–N with tert-alkyl or cyclic N) is 1. The molecule has 2 aliphatic heterocycles. The van der Waals surface area contributed by atoms with E-state index in [0.717, 1.165) is 6.26 Å². The van der Waals surface area contributed by atoms with E-state index in [1.807, 2.05) is 18.4 Å². The number of carbonyl (C=O) groups excluding carboxylic acids is 1. The number of hydrogen-bond donors (Lipinski definition) is 2. The third-order valence-corrected chi connectivity index (χ3v) is 9.33. The van der Waals surface area contributed by atoms with Gasteiger partial charge < -0.3 is 20.3 Å². The topological polar surface area (TPSA) is 135 Å². The molecule has 2 atom stereocenters. The number of anilines is 1. The molecule has 5 rings (SSSR count). The molecule has 2 aliphatic rings. The highest BCUT2D eigenvalue weighted by atomic mass is 35.5. The lowest BCUT2D eigenvalue weighted by Crippen LogP contribution is -2.61. The first-order valence-corrected chi connectivity index (χ1v) is 15.7. The lowest BCUT2D eigenvalue weighted by molar-refractivity contribution is -0.132. The molecule has 216 valence electrons. The maximum atomic E-state index is 12.5. The highest BCUT2D eigenvalue weighted by Crippen LogP contribution is 2.40. The van der Waals surface area contributed by atoms with Crippen molar-refractivity contribution in [1.29, 1.82) is 0 Å². The van der Waals surface area contributed by atoms with Crippen LogP contribution in [0.25, 0.3) is 22.2 Å². The number of aliphatic hydroxyl groups is 1. The van der Waals surface area contributed by atoms with Crippen LogP contribution >= 0.6 is 11.6 Å². The third-order valence-electron chi connectivity index (χ3n) is 7.75. The first-order chi connectivity index (χ1) is 19.4. The van der Waals surface area contributed by atoms with Crippen molar-refractivity contribution in [3.05, 3.63) is 47.9 Å². The molecule has 0 aliphatic carbocycles. The monoisotopic (exact) mass is 596 g/mol. The number of carbonyl (C=O) groups is 1. The number of rotatable bonds is 5. The Bertz CT molecular complexity index is 1700. The minimum absolute atomic E-state index is 0.0190. The van der Waals surface area contributed by atoms with Gasteiger partial charge in [-0.1, -0.05) is 30.2 Å². The van der Waals surface area contributed by atoms with Gasteiger partial charge in [0.05, 0.1) is 21.4 Å². The standard InChI is InChI=1S/C29H33ClN6O4S/c1-5-25(38)34-11-10-21(23(37)15-34)35-13-18(14-35)6-9-22-26(19-7-8-20(30)24(12-19)41(4,39)40)27-28(31)32-16-33-29(27)36(22)17(2)3/h5,7-8,12,16-18,21,23,37H,1,10-11,13-15H2,2-4H3,(H2,31,32,33)/t21-,23+/m0/s1. The van der Waals surface area contributed by atoms with Crippen LogP contribution in [0.4, 0.5) is 5.82 Å². The van der Waals surface area contributed by atoms with Crippen LogP contribution in [-0.2, 0) is 14.6 Å². The van der Waals surface area contributed by atoms with E-state index < -0.39 is 15.9 Å². The predicted octanol–water partition coefficient (Wildman–Crippen LogP) is 2.75. The molecule has 0 bridgehead atoms. The molecular weight excluding hydrogens is 564 g/mol. The Balaban J connectivity index is 1.50. The fraction of sp³-hybridized carbons (Fsp3) is 0.414. The Morgan fingerprint density at radius 2 is 2.00 bits per heavy atom. The summed E-state index contributed by atoms with van der Waals surface area (Å²) in [6, 6.07) is 4.81. The van der Waals surface area contributed by atoms with Gasteiger partial charge in [-0.15, -0.1) is 0 Å². The number of hydrogen-bond acceptors (Lipinski definition) is 8. The van der Waals surface area contributed by atoms with Gasteiger partial charge in [-0.3, -0.25) is 9.69 Å². The Kier molecular flexibility index (Phi) is 7.87. The second-order valence-electron chi connectivity index (χ2n) is 10.9. The van der Waals surface area contributed by atoms with Crippen molar-refractivity contribution in [2.24, 2.45) is 5.92 Å². The molecule has 2 aromatic heterocycles. The first-order valence-electron chi connectivity index (χ1n) is 13.4. The van der Waals surface area contributed by atoms with E-state index in [9.17, 15) is 18.3 Å². The minimum Gasteiger partial charge on any atom is -0.390 e. The lowest BCUT2D eigenvalue weighted by Gasteiger charge is -2.47. The molecule has 0 spiro atoms. The average Bonchev–Trinajstić information content (AvgIpc) is 3.23. The number of aliphatic hydroxyl groups excluding tert-OH is 1. The lowest BCUT2D eigenvalue weighted by atomic mass is 9.91. The van der Waals surface area contributed by atoms with Crippen LogP contribution in [0, 0.1) is 17.8 Å². The number of amides is 1. The zero-order valence-corrected chi connectivity index (χ0v) is 24.8. The van der Waals surface area contributed by atoms with Crippen molar-refractivity contribution in [2.45, 2.75) is 43.4 Å². The van der Waals surface area contributed by atoms with Crippen molar-refractivity contribution >= 4 is 44.2 Å². The van der Waals surface area contributed by atoms with Crippen LogP contribution < -0.4 is 5.73 Å². The van der Waals surface area contributed by atoms with Crippen molar-refractivity contribution < 1.29 is 18.3 Å². The van der Waals surface area contributed by atoms with Crippen LogP contribution in [0.1, 0.15) is 32.0 Å². The maximum absolute atomic E-state index is 12.5. The first kappa shape index (κ1) is 29.1. The molecule has 2 saturated heterocycles. The number of nitrogen functional groups attached to an aromatic ring is 1. The summed E-state index contributed by atoms with van der Waals surface area (Å²) in [6.07, 6.45) is 3.85. The summed E-state index contributed by atoms with van der Waals surface area (Å²) in [5.41, 5.74) is 8.90. The molecule has 10 nitrogen and oxygen atoms in total. The minimum atomic E-state index is -3.59. The predicted molar refractivity (Wildman–Crippen MR) is 159 cm³/mol.